The van der Waals surface area contributed by atoms with Crippen molar-refractivity contribution in [1.82, 2.24) is 0 Å². The lowest BCUT2D eigenvalue weighted by Gasteiger charge is -1.86. The molecule has 0 fully saturated rings. The highest BCUT2D eigenvalue weighted by Gasteiger charge is 2.27. The van der Waals surface area contributed by atoms with E-state index in [1.807, 2.05) is 0 Å². The SMILES string of the molecule is O=C1OS(=O)c2ccccc21. The molecule has 4 heteroatoms. The van der Waals surface area contributed by atoms with Gasteiger partial charge < -0.3 is 4.18 Å². The van der Waals surface area contributed by atoms with Gasteiger partial charge in [0.05, 0.1) is 10.5 Å². The van der Waals surface area contributed by atoms with Gasteiger partial charge in [-0.05, 0) is 12.1 Å². The van der Waals surface area contributed by atoms with E-state index in [0.29, 0.717) is 10.5 Å². The summed E-state index contributed by atoms with van der Waals surface area (Å²) in [5, 5.41) is 0. The minimum atomic E-state index is -1.58. The highest BCUT2D eigenvalue weighted by molar-refractivity contribution is 7.81. The number of hydrogen-bond acceptors (Lipinski definition) is 3. The molecule has 1 aromatic rings. The van der Waals surface area contributed by atoms with Crippen molar-refractivity contribution in [3.05, 3.63) is 29.8 Å². The molecule has 0 saturated carbocycles. The van der Waals surface area contributed by atoms with Crippen molar-refractivity contribution in [3.63, 3.8) is 0 Å². The largest absolute Gasteiger partial charge is 0.356 e. The monoisotopic (exact) mass is 168 g/mol. The Morgan fingerprint density at radius 2 is 2.00 bits per heavy atom. The van der Waals surface area contributed by atoms with Gasteiger partial charge in [-0.3, -0.25) is 0 Å². The second-order valence-corrected chi connectivity index (χ2v) is 3.18. The molecule has 11 heavy (non-hydrogen) atoms. The zero-order chi connectivity index (χ0) is 7.84. The molecule has 1 aliphatic rings. The second kappa shape index (κ2) is 2.17. The van der Waals surface area contributed by atoms with E-state index in [2.05, 4.69) is 4.18 Å². The van der Waals surface area contributed by atoms with Crippen LogP contribution in [0.2, 0.25) is 0 Å². The Morgan fingerprint density at radius 3 is 2.73 bits per heavy atom. The quantitative estimate of drug-likeness (QED) is 0.577. The van der Waals surface area contributed by atoms with Gasteiger partial charge in [-0.2, -0.15) is 0 Å². The van der Waals surface area contributed by atoms with Crippen LogP contribution in [0.1, 0.15) is 10.4 Å². The first-order valence-electron chi connectivity index (χ1n) is 3.02. The summed E-state index contributed by atoms with van der Waals surface area (Å²) < 4.78 is 15.4. The molecular weight excluding hydrogens is 164 g/mol. The van der Waals surface area contributed by atoms with Gasteiger partial charge in [-0.25, -0.2) is 9.00 Å². The van der Waals surface area contributed by atoms with E-state index in [9.17, 15) is 9.00 Å². The standard InChI is InChI=1S/C7H4O3S/c8-7-5-3-1-2-4-6(5)11(9)10-7/h1-4H. The number of hydrogen-bond donors (Lipinski definition) is 0. The first-order chi connectivity index (χ1) is 5.29. The molecule has 1 aromatic carbocycles. The predicted octanol–water partition coefficient (Wildman–Crippen LogP) is 0.880. The zero-order valence-electron chi connectivity index (χ0n) is 5.44. The van der Waals surface area contributed by atoms with Crippen molar-refractivity contribution in [2.24, 2.45) is 0 Å². The number of fused-ring (bicyclic) bond motifs is 1. The van der Waals surface area contributed by atoms with Crippen LogP contribution in [0.25, 0.3) is 0 Å². The van der Waals surface area contributed by atoms with Crippen LogP contribution >= 0.6 is 0 Å². The van der Waals surface area contributed by atoms with E-state index in [4.69, 9.17) is 0 Å². The van der Waals surface area contributed by atoms with Crippen molar-refractivity contribution < 1.29 is 13.2 Å². The first kappa shape index (κ1) is 6.54. The summed E-state index contributed by atoms with van der Waals surface area (Å²) in [7, 11) is 0. The summed E-state index contributed by atoms with van der Waals surface area (Å²) in [4.78, 5) is 11.3. The summed E-state index contributed by atoms with van der Waals surface area (Å²) in [5.74, 6) is -0.501. The van der Waals surface area contributed by atoms with Gasteiger partial charge in [0.1, 0.15) is 0 Å². The average molecular weight is 168 g/mol. The van der Waals surface area contributed by atoms with Crippen LogP contribution in [0, 0.1) is 0 Å². The van der Waals surface area contributed by atoms with E-state index in [-0.39, 0.29) is 0 Å². The molecule has 1 aliphatic heterocycles. The van der Waals surface area contributed by atoms with Crippen molar-refractivity contribution in [2.45, 2.75) is 4.90 Å². The Balaban J connectivity index is 2.69. The van der Waals surface area contributed by atoms with Crippen molar-refractivity contribution in [1.29, 1.82) is 0 Å². The molecular formula is C7H4O3S. The van der Waals surface area contributed by atoms with Gasteiger partial charge in [-0.15, -0.1) is 0 Å². The second-order valence-electron chi connectivity index (χ2n) is 2.10. The molecule has 1 heterocycles. The molecule has 0 N–H and O–H groups in total. The first-order valence-corrected chi connectivity index (χ1v) is 4.10. The lowest BCUT2D eigenvalue weighted by Crippen LogP contribution is -1.93. The Bertz CT molecular complexity index is 312. The summed E-state index contributed by atoms with van der Waals surface area (Å²) >= 11 is -1.58. The van der Waals surface area contributed by atoms with Gasteiger partial charge in [0.15, 0.2) is 0 Å². The fraction of sp³-hybridized carbons (Fsp3) is 0. The van der Waals surface area contributed by atoms with Crippen molar-refractivity contribution in [2.75, 3.05) is 0 Å². The van der Waals surface area contributed by atoms with Crippen LogP contribution in [-0.4, -0.2) is 10.2 Å². The van der Waals surface area contributed by atoms with Gasteiger partial charge >= 0.3 is 5.97 Å². The Labute approximate surface area is 65.6 Å². The average Bonchev–Trinajstić information content (AvgIpc) is 2.30. The zero-order valence-corrected chi connectivity index (χ0v) is 6.26. The Morgan fingerprint density at radius 1 is 1.27 bits per heavy atom. The van der Waals surface area contributed by atoms with E-state index < -0.39 is 17.0 Å². The predicted molar refractivity (Wildman–Crippen MR) is 38.3 cm³/mol. The normalized spacial score (nSPS) is 21.1. The maximum absolute atomic E-state index is 10.9. The Kier molecular flexibility index (Phi) is 1.29. The van der Waals surface area contributed by atoms with E-state index in [1.54, 1.807) is 24.3 Å². The van der Waals surface area contributed by atoms with Crippen molar-refractivity contribution in [3.8, 4) is 0 Å². The van der Waals surface area contributed by atoms with Gasteiger partial charge in [-0.1, -0.05) is 12.1 Å². The lowest BCUT2D eigenvalue weighted by molar-refractivity contribution is 0.0771. The molecule has 3 nitrogen and oxygen atoms in total. The van der Waals surface area contributed by atoms with E-state index >= 15 is 0 Å². The van der Waals surface area contributed by atoms with Gasteiger partial charge in [0.25, 0.3) is 0 Å². The molecule has 0 spiro atoms. The molecule has 1 atom stereocenters. The number of carbonyl (C=O) groups is 1. The fourth-order valence-electron chi connectivity index (χ4n) is 0.939. The van der Waals surface area contributed by atoms with Crippen LogP contribution in [0.5, 0.6) is 0 Å². The molecule has 0 aromatic heterocycles. The summed E-state index contributed by atoms with van der Waals surface area (Å²) in [6.07, 6.45) is 0. The Hall–Kier alpha value is -1.16. The fourth-order valence-corrected chi connectivity index (χ4v) is 1.78. The third kappa shape index (κ3) is 0.867. The minimum Gasteiger partial charge on any atom is -0.356 e. The maximum Gasteiger partial charge on any atom is 0.353 e. The third-order valence-electron chi connectivity index (χ3n) is 1.44. The minimum absolute atomic E-state index is 0.408. The van der Waals surface area contributed by atoms with Crippen LogP contribution in [0.3, 0.4) is 0 Å². The number of carbonyl (C=O) groups excluding carboxylic acids is 1. The summed E-state index contributed by atoms with van der Waals surface area (Å²) in [6.45, 7) is 0. The molecule has 1 unspecified atom stereocenters. The third-order valence-corrected chi connectivity index (χ3v) is 2.46. The van der Waals surface area contributed by atoms with Crippen LogP contribution in [0.4, 0.5) is 0 Å². The van der Waals surface area contributed by atoms with Crippen LogP contribution in [-0.2, 0) is 15.3 Å². The molecule has 0 saturated heterocycles. The summed E-state index contributed by atoms with van der Waals surface area (Å²) in [5.41, 5.74) is 0.408. The van der Waals surface area contributed by atoms with Crippen LogP contribution in [0.15, 0.2) is 29.2 Å². The number of rotatable bonds is 0. The van der Waals surface area contributed by atoms with E-state index in [0.717, 1.165) is 0 Å². The molecule has 2 rings (SSSR count). The molecule has 0 bridgehead atoms. The van der Waals surface area contributed by atoms with Gasteiger partial charge in [0.2, 0.25) is 11.1 Å². The highest BCUT2D eigenvalue weighted by Crippen LogP contribution is 2.22. The van der Waals surface area contributed by atoms with E-state index in [1.165, 1.54) is 0 Å². The number of benzene rings is 1. The highest BCUT2D eigenvalue weighted by atomic mass is 32.2. The maximum atomic E-state index is 10.9. The summed E-state index contributed by atoms with van der Waals surface area (Å²) in [6, 6.07) is 6.65. The van der Waals surface area contributed by atoms with Crippen molar-refractivity contribution >= 4 is 17.0 Å². The smallest absolute Gasteiger partial charge is 0.353 e. The van der Waals surface area contributed by atoms with Gasteiger partial charge in [0, 0.05) is 0 Å². The molecule has 0 aliphatic carbocycles. The topological polar surface area (TPSA) is 43.4 Å². The molecule has 0 amide bonds. The molecule has 0 radical (unpaired) electrons. The lowest BCUT2D eigenvalue weighted by atomic mass is 10.2. The molecule has 56 valence electrons. The van der Waals surface area contributed by atoms with Crippen LogP contribution < -0.4 is 0 Å².